The number of aromatic nitrogens is 2. The van der Waals surface area contributed by atoms with Crippen molar-refractivity contribution in [3.63, 3.8) is 0 Å². The molecule has 52 heavy (non-hydrogen) atoms. The summed E-state index contributed by atoms with van der Waals surface area (Å²) >= 11 is 1.77. The average Bonchev–Trinajstić information content (AvgIpc) is 3.80. The Bertz CT molecular complexity index is 2220. The average molecular weight is 900 g/mol. The number of aryl methyl sites for hydroxylation is 1. The first kappa shape index (κ1) is 41.4. The number of rotatable bonds is 10. The van der Waals surface area contributed by atoms with Gasteiger partial charge in [-0.2, -0.15) is 11.3 Å². The molecule has 0 spiro atoms. The molecule has 0 atom stereocenters. The Kier molecular flexibility index (Phi) is 12.7. The van der Waals surface area contributed by atoms with Gasteiger partial charge in [0.1, 0.15) is 29.0 Å². The van der Waals surface area contributed by atoms with Crippen molar-refractivity contribution < 1.29 is 38.8 Å². The SMILES string of the molecule is CCC(C)(CC)C(=O)/C=C(\O)C(C)(CC)CC.Cc1c(CC(C)C)oc2cc3oc4ncnc(-c5[c-]c6ccsc6c(C(C)(C)C)c5)c4c3cc12.[Ir]. The predicted molar refractivity (Wildman–Crippen MR) is 214 cm³/mol. The zero-order chi connectivity index (χ0) is 37.5. The van der Waals surface area contributed by atoms with Gasteiger partial charge in [0.15, 0.2) is 5.78 Å². The van der Waals surface area contributed by atoms with Crippen LogP contribution in [0, 0.1) is 29.7 Å². The topological polar surface area (TPSA) is 89.4 Å². The number of aliphatic hydroxyl groups is 1. The number of hydrogen-bond acceptors (Lipinski definition) is 7. The molecule has 0 fully saturated rings. The monoisotopic (exact) mass is 900 g/mol. The van der Waals surface area contributed by atoms with Gasteiger partial charge in [-0.05, 0) is 65.6 Å². The minimum absolute atomic E-state index is 0. The third-order valence-electron chi connectivity index (χ3n) is 11.2. The fourth-order valence-corrected chi connectivity index (χ4v) is 7.60. The third kappa shape index (κ3) is 7.95. The van der Waals surface area contributed by atoms with Crippen LogP contribution in [0.2, 0.25) is 0 Å². The van der Waals surface area contributed by atoms with E-state index in [0.29, 0.717) is 11.6 Å². The van der Waals surface area contributed by atoms with Crippen molar-refractivity contribution in [1.82, 2.24) is 9.97 Å². The number of thiophene rings is 1. The second-order valence-electron chi connectivity index (χ2n) is 16.0. The van der Waals surface area contributed by atoms with Crippen LogP contribution in [-0.2, 0) is 36.7 Å². The number of allylic oxidation sites excluding steroid dienone is 2. The standard InChI is InChI=1S/C29H27N2O2S.C15H28O2.Ir/c1-15(2)9-22-16(3)19-12-20-24(13-23(19)32-22)33-28-25(20)26(30-14-31-28)18-10-17-7-8-34-27(17)21(11-18)29(4,5)6;1-7-14(5,8-2)12(16)11-13(17)15(6,9-3)10-4;/h7-8,11-15H,9H2,1-6H3;11,16H,7-10H2,1-6H3;/q-1;;/b;12-11-;. The van der Waals surface area contributed by atoms with Crippen LogP contribution >= 0.6 is 11.3 Å². The first-order valence-electron chi connectivity index (χ1n) is 18.5. The molecule has 1 N–H and O–H groups in total. The first-order valence-corrected chi connectivity index (χ1v) is 19.4. The molecule has 6 nitrogen and oxygen atoms in total. The van der Waals surface area contributed by atoms with Crippen LogP contribution in [0.4, 0.5) is 0 Å². The van der Waals surface area contributed by atoms with E-state index >= 15 is 0 Å². The zero-order valence-electron chi connectivity index (χ0n) is 33.0. The summed E-state index contributed by atoms with van der Waals surface area (Å²) in [5, 5.41) is 16.4. The third-order valence-corrected chi connectivity index (χ3v) is 12.1. The molecule has 8 heteroatoms. The Morgan fingerprint density at radius 1 is 0.923 bits per heavy atom. The van der Waals surface area contributed by atoms with E-state index in [1.807, 2.05) is 47.6 Å². The van der Waals surface area contributed by atoms with Crippen molar-refractivity contribution in [2.45, 2.75) is 121 Å². The molecule has 0 amide bonds. The smallest absolute Gasteiger partial charge is 0.223 e. The van der Waals surface area contributed by atoms with Gasteiger partial charge in [-0.3, -0.25) is 9.78 Å². The van der Waals surface area contributed by atoms with Crippen LogP contribution in [0.3, 0.4) is 0 Å². The van der Waals surface area contributed by atoms with Crippen molar-refractivity contribution in [2.75, 3.05) is 0 Å². The van der Waals surface area contributed by atoms with Gasteiger partial charge in [0.2, 0.25) is 5.71 Å². The van der Waals surface area contributed by atoms with E-state index in [1.54, 1.807) is 17.7 Å². The maximum atomic E-state index is 12.2. The molecule has 0 unspecified atom stereocenters. The number of ketones is 1. The fourth-order valence-electron chi connectivity index (χ4n) is 6.52. The van der Waals surface area contributed by atoms with E-state index in [-0.39, 0.29) is 47.9 Å². The van der Waals surface area contributed by atoms with Gasteiger partial charge in [0.25, 0.3) is 0 Å². The molecule has 0 bridgehead atoms. The second kappa shape index (κ2) is 16.0. The molecule has 6 rings (SSSR count). The van der Waals surface area contributed by atoms with Crippen LogP contribution < -0.4 is 0 Å². The molecular formula is C44H55IrN2O4S-. The molecule has 4 heterocycles. The van der Waals surface area contributed by atoms with Crippen LogP contribution in [0.1, 0.15) is 119 Å². The minimum atomic E-state index is -0.337. The van der Waals surface area contributed by atoms with Crippen LogP contribution in [0.25, 0.3) is 54.4 Å². The second-order valence-corrected chi connectivity index (χ2v) is 17.0. The van der Waals surface area contributed by atoms with E-state index in [2.05, 4.69) is 76.2 Å². The summed E-state index contributed by atoms with van der Waals surface area (Å²) in [6, 6.07) is 12.2. The Hall–Kier alpha value is -3.32. The summed E-state index contributed by atoms with van der Waals surface area (Å²) in [5.74, 6) is 1.86. The Balaban J connectivity index is 0.000000289. The van der Waals surface area contributed by atoms with Gasteiger partial charge in [0, 0.05) is 71.4 Å². The summed E-state index contributed by atoms with van der Waals surface area (Å²) < 4.78 is 13.7. The quantitative estimate of drug-likeness (QED) is 0.0837. The molecule has 1 radical (unpaired) electrons. The van der Waals surface area contributed by atoms with Crippen LogP contribution in [0.5, 0.6) is 0 Å². The summed E-state index contributed by atoms with van der Waals surface area (Å²) in [5.41, 5.74) is 5.93. The number of carbonyl (C=O) groups excluding carboxylic acids is 1. The normalized spacial score (nSPS) is 12.9. The minimum Gasteiger partial charge on any atom is -0.512 e. The Morgan fingerprint density at radius 2 is 1.56 bits per heavy atom. The first-order chi connectivity index (χ1) is 24.0. The summed E-state index contributed by atoms with van der Waals surface area (Å²) in [6.45, 7) is 25.4. The van der Waals surface area contributed by atoms with E-state index < -0.39 is 0 Å². The number of aliphatic hydroxyl groups excluding tert-OH is 1. The van der Waals surface area contributed by atoms with E-state index in [1.165, 1.54) is 21.9 Å². The van der Waals surface area contributed by atoms with Gasteiger partial charge < -0.3 is 13.9 Å². The number of nitrogens with zero attached hydrogens (tertiary/aromatic N) is 2. The van der Waals surface area contributed by atoms with Crippen molar-refractivity contribution in [2.24, 2.45) is 16.7 Å². The van der Waals surface area contributed by atoms with Crippen molar-refractivity contribution >= 4 is 60.2 Å². The molecule has 4 aromatic heterocycles. The van der Waals surface area contributed by atoms with Gasteiger partial charge in [-0.25, -0.2) is 4.98 Å². The van der Waals surface area contributed by atoms with Gasteiger partial charge >= 0.3 is 0 Å². The number of benzene rings is 2. The van der Waals surface area contributed by atoms with E-state index in [4.69, 9.17) is 13.8 Å². The Labute approximate surface area is 326 Å². The maximum absolute atomic E-state index is 12.2. The molecule has 2 aromatic carbocycles. The molecule has 6 aromatic rings. The summed E-state index contributed by atoms with van der Waals surface area (Å²) in [7, 11) is 0. The number of hydrogen-bond donors (Lipinski definition) is 1. The molecule has 0 aliphatic rings. The van der Waals surface area contributed by atoms with Crippen LogP contribution in [0.15, 0.2) is 56.6 Å². The van der Waals surface area contributed by atoms with Gasteiger partial charge in [0.05, 0.1) is 0 Å². The predicted octanol–water partition coefficient (Wildman–Crippen LogP) is 13.3. The largest absolute Gasteiger partial charge is 0.512 e. The number of fused-ring (bicyclic) bond motifs is 5. The Morgan fingerprint density at radius 3 is 2.15 bits per heavy atom. The van der Waals surface area contributed by atoms with E-state index in [9.17, 15) is 9.90 Å². The molecule has 0 saturated heterocycles. The summed E-state index contributed by atoms with van der Waals surface area (Å²) in [6.07, 6.45) is 7.25. The fraction of sp³-hybridized carbons (Fsp3) is 0.477. The molecule has 0 saturated carbocycles. The van der Waals surface area contributed by atoms with Crippen molar-refractivity contribution in [3.8, 4) is 11.3 Å². The number of furan rings is 2. The van der Waals surface area contributed by atoms with Crippen molar-refractivity contribution in [1.29, 1.82) is 0 Å². The van der Waals surface area contributed by atoms with Crippen LogP contribution in [-0.4, -0.2) is 20.9 Å². The number of carbonyl (C=O) groups is 1. The molecular weight excluding hydrogens is 845 g/mol. The van der Waals surface area contributed by atoms with Gasteiger partial charge in [-0.15, -0.1) is 23.6 Å². The van der Waals surface area contributed by atoms with Crippen molar-refractivity contribution in [3.05, 3.63) is 70.8 Å². The molecule has 281 valence electrons. The molecule has 0 aliphatic heterocycles. The van der Waals surface area contributed by atoms with E-state index in [0.717, 1.165) is 81.8 Å². The van der Waals surface area contributed by atoms with Gasteiger partial charge in [-0.1, -0.05) is 87.3 Å². The zero-order valence-corrected chi connectivity index (χ0v) is 36.2. The summed E-state index contributed by atoms with van der Waals surface area (Å²) in [4.78, 5) is 21.4. The molecule has 0 aliphatic carbocycles. The maximum Gasteiger partial charge on any atom is 0.223 e.